The van der Waals surface area contributed by atoms with Crippen molar-refractivity contribution in [3.05, 3.63) is 64.7 Å². The Kier molecular flexibility index (Phi) is 6.62. The number of hydrogen-bond acceptors (Lipinski definition) is 6. The number of aromatic nitrogens is 2. The van der Waals surface area contributed by atoms with Crippen molar-refractivity contribution in [3.63, 3.8) is 0 Å². The van der Waals surface area contributed by atoms with Gasteiger partial charge in [-0.1, -0.05) is 18.2 Å². The normalized spacial score (nSPS) is 12.7. The summed E-state index contributed by atoms with van der Waals surface area (Å²) in [6.07, 6.45) is 5.15. The van der Waals surface area contributed by atoms with Gasteiger partial charge in [0.15, 0.2) is 9.84 Å². The molecule has 1 atom stereocenters. The molecule has 27 heavy (non-hydrogen) atoms. The highest BCUT2D eigenvalue weighted by Gasteiger charge is 2.11. The number of sulfone groups is 1. The van der Waals surface area contributed by atoms with Gasteiger partial charge in [-0.25, -0.2) is 22.8 Å². The van der Waals surface area contributed by atoms with Crippen molar-refractivity contribution < 1.29 is 17.6 Å². The molecule has 2 N–H and O–H groups in total. The van der Waals surface area contributed by atoms with Gasteiger partial charge in [-0.2, -0.15) is 0 Å². The molecule has 2 rings (SSSR count). The third-order valence-electron chi connectivity index (χ3n) is 3.70. The average Bonchev–Trinajstić information content (AvgIpc) is 2.61. The number of amides is 1. The first-order valence-electron chi connectivity index (χ1n) is 8.15. The van der Waals surface area contributed by atoms with E-state index in [0.29, 0.717) is 17.9 Å². The van der Waals surface area contributed by atoms with Gasteiger partial charge >= 0.3 is 0 Å². The van der Waals surface area contributed by atoms with Crippen LogP contribution in [0, 0.1) is 12.7 Å². The molecule has 1 aromatic heterocycles. The van der Waals surface area contributed by atoms with Crippen molar-refractivity contribution in [3.8, 4) is 0 Å². The Morgan fingerprint density at radius 2 is 2.04 bits per heavy atom. The maximum Gasteiger partial charge on any atom is 0.271 e. The van der Waals surface area contributed by atoms with Gasteiger partial charge < -0.3 is 10.6 Å². The summed E-state index contributed by atoms with van der Waals surface area (Å²) in [4.78, 5) is 20.3. The van der Waals surface area contributed by atoms with Crippen LogP contribution in [-0.4, -0.2) is 36.6 Å². The van der Waals surface area contributed by atoms with Crippen LogP contribution in [-0.2, 0) is 16.4 Å². The molecule has 1 amide bonds. The fourth-order valence-corrected chi connectivity index (χ4v) is 2.68. The van der Waals surface area contributed by atoms with E-state index in [4.69, 9.17) is 0 Å². The molecule has 0 saturated carbocycles. The molecule has 1 heterocycles. The SMILES string of the molecule is Cc1c(F)cccc1CNc1cnc(C(=O)N[C@H](C)/C=C/S(C)(=O)=O)cn1. The van der Waals surface area contributed by atoms with Crippen LogP contribution in [0.5, 0.6) is 0 Å². The van der Waals surface area contributed by atoms with Gasteiger partial charge in [-0.05, 0) is 31.0 Å². The molecule has 144 valence electrons. The molecule has 0 radical (unpaired) electrons. The van der Waals surface area contributed by atoms with Crippen molar-refractivity contribution in [1.82, 2.24) is 15.3 Å². The molecule has 0 aliphatic carbocycles. The summed E-state index contributed by atoms with van der Waals surface area (Å²) in [5, 5.41) is 6.66. The highest BCUT2D eigenvalue weighted by molar-refractivity contribution is 7.93. The topological polar surface area (TPSA) is 101 Å². The molecule has 0 aliphatic heterocycles. The van der Waals surface area contributed by atoms with Gasteiger partial charge in [0.2, 0.25) is 0 Å². The van der Waals surface area contributed by atoms with Crippen LogP contribution < -0.4 is 10.6 Å². The lowest BCUT2D eigenvalue weighted by atomic mass is 10.1. The third kappa shape index (κ3) is 6.45. The Morgan fingerprint density at radius 3 is 2.67 bits per heavy atom. The maximum absolute atomic E-state index is 13.5. The molecule has 0 aliphatic rings. The highest BCUT2D eigenvalue weighted by Crippen LogP contribution is 2.13. The van der Waals surface area contributed by atoms with Gasteiger partial charge in [-0.3, -0.25) is 4.79 Å². The van der Waals surface area contributed by atoms with Gasteiger partial charge in [0.05, 0.1) is 12.4 Å². The minimum absolute atomic E-state index is 0.0992. The van der Waals surface area contributed by atoms with Crippen molar-refractivity contribution in [2.75, 3.05) is 11.6 Å². The van der Waals surface area contributed by atoms with Crippen LogP contribution in [0.3, 0.4) is 0 Å². The third-order valence-corrected chi connectivity index (χ3v) is 4.35. The molecular weight excluding hydrogens is 371 g/mol. The molecule has 0 spiro atoms. The second-order valence-electron chi connectivity index (χ2n) is 6.08. The zero-order valence-electron chi connectivity index (χ0n) is 15.2. The van der Waals surface area contributed by atoms with Gasteiger partial charge in [-0.15, -0.1) is 0 Å². The Hall–Kier alpha value is -2.81. The van der Waals surface area contributed by atoms with E-state index in [2.05, 4.69) is 20.6 Å². The van der Waals surface area contributed by atoms with Crippen molar-refractivity contribution in [2.45, 2.75) is 26.4 Å². The number of halogens is 1. The van der Waals surface area contributed by atoms with E-state index in [-0.39, 0.29) is 11.5 Å². The average molecular weight is 392 g/mol. The first kappa shape index (κ1) is 20.5. The molecular formula is C18H21FN4O3S. The smallest absolute Gasteiger partial charge is 0.271 e. The van der Waals surface area contributed by atoms with E-state index in [1.54, 1.807) is 19.9 Å². The molecule has 2 aromatic rings. The summed E-state index contributed by atoms with van der Waals surface area (Å²) >= 11 is 0. The highest BCUT2D eigenvalue weighted by atomic mass is 32.2. The number of rotatable bonds is 7. The predicted octanol–water partition coefficient (Wildman–Crippen LogP) is 2.21. The number of benzene rings is 1. The second-order valence-corrected chi connectivity index (χ2v) is 8.02. The van der Waals surface area contributed by atoms with Crippen molar-refractivity contribution in [2.24, 2.45) is 0 Å². The van der Waals surface area contributed by atoms with E-state index in [0.717, 1.165) is 17.2 Å². The molecule has 9 heteroatoms. The first-order valence-corrected chi connectivity index (χ1v) is 10.1. The lowest BCUT2D eigenvalue weighted by Gasteiger charge is -2.10. The molecule has 0 bridgehead atoms. The van der Waals surface area contributed by atoms with Gasteiger partial charge in [0, 0.05) is 24.3 Å². The monoisotopic (exact) mass is 392 g/mol. The Labute approximate surface area is 157 Å². The van der Waals surface area contributed by atoms with E-state index in [1.165, 1.54) is 24.5 Å². The number of carbonyl (C=O) groups is 1. The van der Waals surface area contributed by atoms with Crippen molar-refractivity contribution in [1.29, 1.82) is 0 Å². The van der Waals surface area contributed by atoms with E-state index in [1.807, 2.05) is 6.07 Å². The maximum atomic E-state index is 13.5. The minimum atomic E-state index is -3.25. The number of anilines is 1. The van der Waals surface area contributed by atoms with E-state index in [9.17, 15) is 17.6 Å². The predicted molar refractivity (Wildman–Crippen MR) is 101 cm³/mol. The van der Waals surface area contributed by atoms with Crippen molar-refractivity contribution >= 4 is 21.6 Å². The van der Waals surface area contributed by atoms with E-state index >= 15 is 0 Å². The summed E-state index contributed by atoms with van der Waals surface area (Å²) in [7, 11) is -3.25. The first-order chi connectivity index (χ1) is 12.7. The minimum Gasteiger partial charge on any atom is -0.365 e. The quantitative estimate of drug-likeness (QED) is 0.749. The summed E-state index contributed by atoms with van der Waals surface area (Å²) in [5.74, 6) is -0.299. The van der Waals surface area contributed by atoms with Crippen LogP contribution in [0.2, 0.25) is 0 Å². The standard InChI is InChI=1S/C18H21FN4O3S/c1-12(7-8-27(3,25)26)23-18(24)16-10-22-17(11-20-16)21-9-14-5-4-6-15(19)13(14)2/h4-8,10-12H,9H2,1-3H3,(H,21,22)(H,23,24)/b8-7+/t12-/m1/s1. The summed E-state index contributed by atoms with van der Waals surface area (Å²) in [5.41, 5.74) is 1.46. The van der Waals surface area contributed by atoms with Crippen LogP contribution >= 0.6 is 0 Å². The Bertz CT molecular complexity index is 944. The Balaban J connectivity index is 1.95. The summed E-state index contributed by atoms with van der Waals surface area (Å²) < 4.78 is 35.7. The lowest BCUT2D eigenvalue weighted by Crippen LogP contribution is -2.31. The fourth-order valence-electron chi connectivity index (χ4n) is 2.16. The Morgan fingerprint density at radius 1 is 1.30 bits per heavy atom. The lowest BCUT2D eigenvalue weighted by molar-refractivity contribution is 0.0941. The van der Waals surface area contributed by atoms with Gasteiger partial charge in [0.25, 0.3) is 5.91 Å². The molecule has 7 nitrogen and oxygen atoms in total. The summed E-state index contributed by atoms with van der Waals surface area (Å²) in [6.45, 7) is 3.71. The van der Waals surface area contributed by atoms with Crippen LogP contribution in [0.25, 0.3) is 0 Å². The number of nitrogens with zero attached hydrogens (tertiary/aromatic N) is 2. The van der Waals surface area contributed by atoms with Crippen LogP contribution in [0.15, 0.2) is 42.1 Å². The van der Waals surface area contributed by atoms with Gasteiger partial charge in [0.1, 0.15) is 17.3 Å². The fraction of sp³-hybridized carbons (Fsp3) is 0.278. The summed E-state index contributed by atoms with van der Waals surface area (Å²) in [6, 6.07) is 4.37. The molecule has 0 saturated heterocycles. The largest absolute Gasteiger partial charge is 0.365 e. The number of nitrogens with one attached hydrogen (secondary N) is 2. The zero-order chi connectivity index (χ0) is 20.0. The molecule has 0 fully saturated rings. The molecule has 0 unspecified atom stereocenters. The molecule has 1 aromatic carbocycles. The van der Waals surface area contributed by atoms with Crippen LogP contribution in [0.1, 0.15) is 28.5 Å². The number of hydrogen-bond donors (Lipinski definition) is 2. The zero-order valence-corrected chi connectivity index (χ0v) is 16.0. The second kappa shape index (κ2) is 8.72. The number of carbonyl (C=O) groups excluding carboxylic acids is 1. The van der Waals surface area contributed by atoms with Crippen LogP contribution in [0.4, 0.5) is 10.2 Å². The van der Waals surface area contributed by atoms with E-state index < -0.39 is 21.8 Å².